The number of hydrogen-bond donors (Lipinski definition) is 2. The van der Waals surface area contributed by atoms with Crippen molar-refractivity contribution < 1.29 is 18.8 Å². The molecule has 0 bridgehead atoms. The molecule has 0 saturated heterocycles. The minimum absolute atomic E-state index is 0.0675. The number of aryl methyl sites for hydroxylation is 2. The average Bonchev–Trinajstić information content (AvgIpc) is 2.80. The molecular weight excluding hydrogens is 477 g/mol. The summed E-state index contributed by atoms with van der Waals surface area (Å²) < 4.78 is 14.4. The molecule has 7 nitrogen and oxygen atoms in total. The number of fused-ring (bicyclic) bond motifs is 1. The molecule has 2 N–H and O–H groups in total. The van der Waals surface area contributed by atoms with Gasteiger partial charge in [-0.2, -0.15) is 0 Å². The van der Waals surface area contributed by atoms with Crippen LogP contribution >= 0.6 is 23.2 Å². The zero-order valence-electron chi connectivity index (χ0n) is 19.9. The predicted molar refractivity (Wildman–Crippen MR) is 133 cm³/mol. The zero-order valence-corrected chi connectivity index (χ0v) is 21.4. The van der Waals surface area contributed by atoms with Crippen LogP contribution in [0.3, 0.4) is 0 Å². The quantitative estimate of drug-likeness (QED) is 0.606. The molecule has 1 aliphatic heterocycles. The number of aromatic amines is 1. The summed E-state index contributed by atoms with van der Waals surface area (Å²) in [5.74, 6) is 0.562. The standard InChI is InChI=1S/C25H29Cl2N3O4/c1-13-9-14(2)29-25(32)18(13)11-28-24(31)17-10-19(26)22-23(21(17)27)34-20(12-33-22)15-5-7-16(8-6-15)30(3)4/h9-10,15,20H,5-8,11-12H2,1-4H3,(H-,28,29,31,32)/p+1/t20-/m0/s1. The maximum atomic E-state index is 13.0. The van der Waals surface area contributed by atoms with Gasteiger partial charge in [0.1, 0.15) is 26.8 Å². The molecule has 1 amide bonds. The second kappa shape index (κ2) is 10.0. The highest BCUT2D eigenvalue weighted by Crippen LogP contribution is 2.47. The van der Waals surface area contributed by atoms with Crippen LogP contribution in [0.4, 0.5) is 0 Å². The fourth-order valence-electron chi connectivity index (χ4n) is 4.73. The van der Waals surface area contributed by atoms with Crippen LogP contribution in [0.2, 0.25) is 10.0 Å². The van der Waals surface area contributed by atoms with E-state index in [1.165, 1.54) is 11.8 Å². The monoisotopic (exact) mass is 506 g/mol. The van der Waals surface area contributed by atoms with Crippen LogP contribution in [0.1, 0.15) is 52.9 Å². The number of pyridine rings is 1. The third kappa shape index (κ3) is 4.96. The number of carbonyl (C=O) groups is 1. The van der Waals surface area contributed by atoms with Crippen molar-refractivity contribution in [1.29, 1.82) is 0 Å². The fourth-order valence-corrected chi connectivity index (χ4v) is 5.25. The molecule has 1 saturated carbocycles. The van der Waals surface area contributed by atoms with Gasteiger partial charge >= 0.3 is 0 Å². The Morgan fingerprint density at radius 1 is 1.18 bits per heavy atom. The number of hydrogen-bond acceptors (Lipinski definition) is 4. The normalized spacial score (nSPS) is 19.6. The maximum absolute atomic E-state index is 13.0. The van der Waals surface area contributed by atoms with E-state index in [1.807, 2.05) is 19.9 Å². The van der Waals surface area contributed by atoms with E-state index in [9.17, 15) is 9.59 Å². The Morgan fingerprint density at radius 2 is 1.88 bits per heavy atom. The van der Waals surface area contributed by atoms with Gasteiger partial charge in [-0.3, -0.25) is 9.59 Å². The highest BCUT2D eigenvalue weighted by molar-refractivity contribution is 6.38. The van der Waals surface area contributed by atoms with Gasteiger partial charge in [-0.25, -0.2) is 4.58 Å². The van der Waals surface area contributed by atoms with E-state index in [0.717, 1.165) is 36.9 Å². The van der Waals surface area contributed by atoms with Crippen LogP contribution in [0.15, 0.2) is 16.9 Å². The molecule has 0 spiro atoms. The topological polar surface area (TPSA) is 83.4 Å². The van der Waals surface area contributed by atoms with Crippen molar-refractivity contribution in [2.24, 2.45) is 5.92 Å². The number of carbonyl (C=O) groups excluding carboxylic acids is 1. The van der Waals surface area contributed by atoms with Crippen molar-refractivity contribution in [2.45, 2.75) is 52.2 Å². The lowest BCUT2D eigenvalue weighted by atomic mass is 9.84. The Bertz CT molecular complexity index is 1210. The molecule has 1 aliphatic carbocycles. The summed E-state index contributed by atoms with van der Waals surface area (Å²) in [6, 6.07) is 3.34. The van der Waals surface area contributed by atoms with E-state index >= 15 is 0 Å². The SMILES string of the molecule is Cc1cc(C)c(CNC(=O)c2cc(Cl)c3c(c2Cl)O[C@H](C2CCC(=[N+](C)C)CC2)CO3)c(=O)[nH]1. The molecular formula is C25H30Cl2N3O4+. The zero-order chi connectivity index (χ0) is 24.6. The molecule has 1 atom stereocenters. The van der Waals surface area contributed by atoms with Gasteiger partial charge in [0.15, 0.2) is 17.2 Å². The second-order valence-electron chi connectivity index (χ2n) is 9.27. The molecule has 0 unspecified atom stereocenters. The minimum Gasteiger partial charge on any atom is -0.484 e. The van der Waals surface area contributed by atoms with Crippen LogP contribution in [0.25, 0.3) is 0 Å². The summed E-state index contributed by atoms with van der Waals surface area (Å²) in [7, 11) is 4.16. The number of nitrogens with one attached hydrogen (secondary N) is 2. The summed E-state index contributed by atoms with van der Waals surface area (Å²) in [6.07, 6.45) is 3.91. The smallest absolute Gasteiger partial charge is 0.253 e. The van der Waals surface area contributed by atoms with E-state index in [-0.39, 0.29) is 33.8 Å². The number of nitrogens with zero attached hydrogens (tertiary/aromatic N) is 1. The van der Waals surface area contributed by atoms with E-state index in [4.69, 9.17) is 32.7 Å². The highest BCUT2D eigenvalue weighted by atomic mass is 35.5. The molecule has 1 fully saturated rings. The van der Waals surface area contributed by atoms with Gasteiger partial charge in [0.2, 0.25) is 0 Å². The fraction of sp³-hybridized carbons (Fsp3) is 0.480. The summed E-state index contributed by atoms with van der Waals surface area (Å²) >= 11 is 13.1. The van der Waals surface area contributed by atoms with Crippen molar-refractivity contribution in [3.05, 3.63) is 54.9 Å². The Hall–Kier alpha value is -2.51. The van der Waals surface area contributed by atoms with Crippen LogP contribution in [0.5, 0.6) is 11.5 Å². The Balaban J connectivity index is 1.52. The molecule has 34 heavy (non-hydrogen) atoms. The Morgan fingerprint density at radius 3 is 2.53 bits per heavy atom. The highest BCUT2D eigenvalue weighted by Gasteiger charge is 2.35. The van der Waals surface area contributed by atoms with Crippen molar-refractivity contribution in [3.8, 4) is 11.5 Å². The van der Waals surface area contributed by atoms with E-state index in [1.54, 1.807) is 0 Å². The lowest BCUT2D eigenvalue weighted by molar-refractivity contribution is -0.467. The molecule has 2 heterocycles. The number of ether oxygens (including phenoxy) is 2. The largest absolute Gasteiger partial charge is 0.484 e. The van der Waals surface area contributed by atoms with Crippen molar-refractivity contribution in [1.82, 2.24) is 10.3 Å². The molecule has 1 aromatic carbocycles. The summed E-state index contributed by atoms with van der Waals surface area (Å²) in [6.45, 7) is 4.11. The van der Waals surface area contributed by atoms with Gasteiger partial charge in [0.25, 0.3) is 11.5 Å². The van der Waals surface area contributed by atoms with Crippen LogP contribution in [0, 0.1) is 19.8 Å². The van der Waals surface area contributed by atoms with E-state index in [2.05, 4.69) is 29.0 Å². The van der Waals surface area contributed by atoms with Crippen molar-refractivity contribution in [2.75, 3.05) is 20.7 Å². The third-order valence-electron chi connectivity index (χ3n) is 6.72. The maximum Gasteiger partial charge on any atom is 0.253 e. The van der Waals surface area contributed by atoms with Gasteiger partial charge in [0, 0.05) is 36.6 Å². The number of benzene rings is 1. The first-order valence-corrected chi connectivity index (χ1v) is 12.2. The third-order valence-corrected chi connectivity index (χ3v) is 7.38. The number of aromatic nitrogens is 1. The lowest BCUT2D eigenvalue weighted by Crippen LogP contribution is -2.39. The number of rotatable bonds is 4. The molecule has 1 aromatic heterocycles. The molecule has 9 heteroatoms. The van der Waals surface area contributed by atoms with Crippen LogP contribution < -0.4 is 20.3 Å². The van der Waals surface area contributed by atoms with Gasteiger partial charge in [0.05, 0.1) is 15.6 Å². The summed E-state index contributed by atoms with van der Waals surface area (Å²) in [5, 5.41) is 3.20. The van der Waals surface area contributed by atoms with Gasteiger partial charge in [-0.05, 0) is 44.4 Å². The summed E-state index contributed by atoms with van der Waals surface area (Å²) in [5.41, 5.74) is 3.46. The number of halogens is 2. The van der Waals surface area contributed by atoms with Crippen LogP contribution in [-0.2, 0) is 6.54 Å². The molecule has 2 aliphatic rings. The predicted octanol–water partition coefficient (Wildman–Crippen LogP) is 4.27. The average molecular weight is 507 g/mol. The van der Waals surface area contributed by atoms with Gasteiger partial charge in [-0.15, -0.1) is 0 Å². The van der Waals surface area contributed by atoms with E-state index in [0.29, 0.717) is 29.6 Å². The molecule has 4 rings (SSSR count). The lowest BCUT2D eigenvalue weighted by Gasteiger charge is -2.34. The first kappa shape index (κ1) is 24.6. The Kier molecular flexibility index (Phi) is 7.24. The molecule has 2 aromatic rings. The molecule has 0 radical (unpaired) electrons. The molecule has 182 valence electrons. The van der Waals surface area contributed by atoms with Crippen molar-refractivity contribution in [3.63, 3.8) is 0 Å². The van der Waals surface area contributed by atoms with E-state index < -0.39 is 5.91 Å². The van der Waals surface area contributed by atoms with Crippen molar-refractivity contribution >= 4 is 34.8 Å². The minimum atomic E-state index is -0.442. The Labute approximate surface area is 209 Å². The second-order valence-corrected chi connectivity index (χ2v) is 10.1. The van der Waals surface area contributed by atoms with Crippen LogP contribution in [-0.4, -0.2) is 48.0 Å². The first-order chi connectivity index (χ1) is 16.2. The first-order valence-electron chi connectivity index (χ1n) is 11.5. The number of H-pyrrole nitrogens is 1. The van der Waals surface area contributed by atoms with Gasteiger partial charge < -0.3 is 19.8 Å². The number of amides is 1. The summed E-state index contributed by atoms with van der Waals surface area (Å²) in [4.78, 5) is 28.0. The van der Waals surface area contributed by atoms with Gasteiger partial charge in [-0.1, -0.05) is 23.2 Å².